The van der Waals surface area contributed by atoms with Gasteiger partial charge in [0.2, 0.25) is 7.98 Å². The lowest BCUT2D eigenvalue weighted by molar-refractivity contribution is 0.624. The molecule has 100 valence electrons. The van der Waals surface area contributed by atoms with Crippen LogP contribution in [-0.2, 0) is 0 Å². The monoisotopic (exact) mass is 253 g/mol. The van der Waals surface area contributed by atoms with Crippen LogP contribution in [0.2, 0.25) is 0 Å². The van der Waals surface area contributed by atoms with E-state index in [1.807, 2.05) is 44.2 Å². The van der Waals surface area contributed by atoms with Crippen LogP contribution in [0.5, 0.6) is 0 Å². The van der Waals surface area contributed by atoms with Gasteiger partial charge in [-0.05, 0) is 38.0 Å². The summed E-state index contributed by atoms with van der Waals surface area (Å²) in [6.45, 7) is 10.5. The van der Waals surface area contributed by atoms with E-state index in [1.54, 1.807) is 10.9 Å². The van der Waals surface area contributed by atoms with Gasteiger partial charge >= 0.3 is 0 Å². The van der Waals surface area contributed by atoms with Crippen molar-refractivity contribution < 1.29 is 0 Å². The molecule has 19 heavy (non-hydrogen) atoms. The summed E-state index contributed by atoms with van der Waals surface area (Å²) in [5, 5.41) is 0. The van der Waals surface area contributed by atoms with Crippen LogP contribution in [0.25, 0.3) is 0 Å². The zero-order valence-electron chi connectivity index (χ0n) is 12.3. The van der Waals surface area contributed by atoms with E-state index >= 15 is 0 Å². The molecule has 0 saturated carbocycles. The molecule has 0 spiro atoms. The third kappa shape index (κ3) is 8.09. The summed E-state index contributed by atoms with van der Waals surface area (Å²) in [6.07, 6.45) is 18.9. The fourth-order valence-electron chi connectivity index (χ4n) is 1.49. The van der Waals surface area contributed by atoms with Crippen molar-refractivity contribution in [1.82, 2.24) is 4.81 Å². The van der Waals surface area contributed by atoms with Gasteiger partial charge in [-0.2, -0.15) is 0 Å². The molecule has 0 N–H and O–H groups in total. The molecule has 0 aromatic heterocycles. The largest absolute Gasteiger partial charge is 0.421 e. The SMILES string of the molecule is [B]N(CC(/C=C\C)=C/C=C\C)C(/C=C\CC)=C/C=C. The average Bonchev–Trinajstić information content (AvgIpc) is 2.40. The van der Waals surface area contributed by atoms with E-state index in [4.69, 9.17) is 7.98 Å². The highest BCUT2D eigenvalue weighted by atomic mass is 15.0. The zero-order valence-corrected chi connectivity index (χ0v) is 12.3. The van der Waals surface area contributed by atoms with Crippen molar-refractivity contribution in [2.45, 2.75) is 27.2 Å². The summed E-state index contributed by atoms with van der Waals surface area (Å²) in [7, 11) is 6.11. The van der Waals surface area contributed by atoms with Gasteiger partial charge in [0.25, 0.3) is 0 Å². The smallest absolute Gasteiger partial charge is 0.227 e. The second-order valence-electron chi connectivity index (χ2n) is 4.03. The van der Waals surface area contributed by atoms with Gasteiger partial charge in [-0.3, -0.25) is 0 Å². The van der Waals surface area contributed by atoms with Crippen molar-refractivity contribution in [3.63, 3.8) is 0 Å². The van der Waals surface area contributed by atoms with Gasteiger partial charge in [0.05, 0.1) is 0 Å². The summed E-state index contributed by atoms with van der Waals surface area (Å²) in [6, 6.07) is 0. The molecule has 0 saturated heterocycles. The molecule has 0 aliphatic heterocycles. The van der Waals surface area contributed by atoms with Crippen molar-refractivity contribution in [1.29, 1.82) is 0 Å². The Labute approximate surface area is 119 Å². The topological polar surface area (TPSA) is 3.24 Å². The standard InChI is InChI=1S/C17H24BN/c1-5-9-13-16(11-7-3)15-19(18)17(12-8-4)14-10-6-2/h5,7-14H,4,6,15H2,1-3H3/b9-5-,11-7-,14-10-,16-13+,17-12+. The first-order valence-electron chi connectivity index (χ1n) is 6.65. The average molecular weight is 253 g/mol. The van der Waals surface area contributed by atoms with Crippen LogP contribution in [0.1, 0.15) is 27.2 Å². The fraction of sp³-hybridized carbons (Fsp3) is 0.294. The molecular formula is C17H24BN. The van der Waals surface area contributed by atoms with Crippen LogP contribution in [0, 0.1) is 0 Å². The summed E-state index contributed by atoms with van der Waals surface area (Å²) in [5.74, 6) is 0. The van der Waals surface area contributed by atoms with E-state index in [2.05, 4.69) is 31.7 Å². The van der Waals surface area contributed by atoms with Crippen molar-refractivity contribution in [2.24, 2.45) is 0 Å². The van der Waals surface area contributed by atoms with Crippen LogP contribution in [0.4, 0.5) is 0 Å². The van der Waals surface area contributed by atoms with Crippen LogP contribution in [0.15, 0.2) is 72.5 Å². The van der Waals surface area contributed by atoms with E-state index in [-0.39, 0.29) is 0 Å². The number of nitrogens with zero attached hydrogens (tertiary/aromatic N) is 1. The van der Waals surface area contributed by atoms with Crippen molar-refractivity contribution in [2.75, 3.05) is 6.54 Å². The molecule has 0 aromatic carbocycles. The van der Waals surface area contributed by atoms with E-state index in [0.717, 1.165) is 17.7 Å². The van der Waals surface area contributed by atoms with E-state index in [0.29, 0.717) is 6.54 Å². The number of allylic oxidation sites excluding steroid dienone is 8. The Hall–Kier alpha value is -1.70. The summed E-state index contributed by atoms with van der Waals surface area (Å²) in [4.78, 5) is 1.73. The maximum Gasteiger partial charge on any atom is 0.227 e. The molecule has 0 fully saturated rings. The van der Waals surface area contributed by atoms with E-state index in [9.17, 15) is 0 Å². The molecule has 0 aliphatic rings. The second-order valence-corrected chi connectivity index (χ2v) is 4.03. The zero-order chi connectivity index (χ0) is 14.5. The van der Waals surface area contributed by atoms with Gasteiger partial charge in [0, 0.05) is 12.2 Å². The van der Waals surface area contributed by atoms with Gasteiger partial charge in [-0.1, -0.05) is 56.0 Å². The molecule has 0 bridgehead atoms. The quantitative estimate of drug-likeness (QED) is 0.455. The number of rotatable bonds is 8. The van der Waals surface area contributed by atoms with Gasteiger partial charge in [-0.25, -0.2) is 0 Å². The Bertz CT molecular complexity index is 397. The summed E-state index contributed by atoms with van der Waals surface area (Å²) < 4.78 is 0. The van der Waals surface area contributed by atoms with Gasteiger partial charge in [0.15, 0.2) is 0 Å². The van der Waals surface area contributed by atoms with Crippen molar-refractivity contribution in [3.8, 4) is 0 Å². The number of hydrogen-bond donors (Lipinski definition) is 0. The minimum atomic E-state index is 0.655. The van der Waals surface area contributed by atoms with Crippen molar-refractivity contribution >= 4 is 7.98 Å². The molecule has 0 amide bonds. The maximum absolute atomic E-state index is 6.11. The Balaban J connectivity index is 4.95. The molecule has 1 nitrogen and oxygen atoms in total. The molecule has 0 atom stereocenters. The number of hydrogen-bond acceptors (Lipinski definition) is 1. The van der Waals surface area contributed by atoms with Gasteiger partial charge in [-0.15, -0.1) is 0 Å². The minimum absolute atomic E-state index is 0.655. The lowest BCUT2D eigenvalue weighted by atomic mass is 10.1. The van der Waals surface area contributed by atoms with E-state index in [1.165, 1.54) is 0 Å². The highest BCUT2D eigenvalue weighted by Crippen LogP contribution is 2.09. The van der Waals surface area contributed by atoms with Crippen molar-refractivity contribution in [3.05, 3.63) is 72.5 Å². The Morgan fingerprint density at radius 1 is 1.16 bits per heavy atom. The minimum Gasteiger partial charge on any atom is -0.421 e. The molecule has 0 aromatic rings. The van der Waals surface area contributed by atoms with Crippen LogP contribution >= 0.6 is 0 Å². The predicted molar refractivity (Wildman–Crippen MR) is 87.9 cm³/mol. The third-order valence-electron chi connectivity index (χ3n) is 2.38. The summed E-state index contributed by atoms with van der Waals surface area (Å²) in [5.41, 5.74) is 2.11. The maximum atomic E-state index is 6.11. The first-order chi connectivity index (χ1) is 9.19. The molecular weight excluding hydrogens is 229 g/mol. The third-order valence-corrected chi connectivity index (χ3v) is 2.38. The van der Waals surface area contributed by atoms with Gasteiger partial charge in [0.1, 0.15) is 0 Å². The first kappa shape index (κ1) is 17.3. The first-order valence-corrected chi connectivity index (χ1v) is 6.65. The molecule has 0 rings (SSSR count). The summed E-state index contributed by atoms with van der Waals surface area (Å²) >= 11 is 0. The predicted octanol–water partition coefficient (Wildman–Crippen LogP) is 4.49. The molecule has 0 unspecified atom stereocenters. The fourth-order valence-corrected chi connectivity index (χ4v) is 1.49. The van der Waals surface area contributed by atoms with Crippen LogP contribution < -0.4 is 0 Å². The second kappa shape index (κ2) is 11.4. The Morgan fingerprint density at radius 2 is 1.89 bits per heavy atom. The van der Waals surface area contributed by atoms with E-state index < -0.39 is 0 Å². The lowest BCUT2D eigenvalue weighted by Gasteiger charge is -2.21. The van der Waals surface area contributed by atoms with Crippen LogP contribution in [0.3, 0.4) is 0 Å². The Kier molecular flexibility index (Phi) is 10.4. The van der Waals surface area contributed by atoms with Gasteiger partial charge < -0.3 is 4.81 Å². The normalized spacial score (nSPS) is 13.8. The van der Waals surface area contributed by atoms with Crippen LogP contribution in [-0.4, -0.2) is 19.3 Å². The highest BCUT2D eigenvalue weighted by molar-refractivity contribution is 6.06. The molecule has 0 aliphatic carbocycles. The highest BCUT2D eigenvalue weighted by Gasteiger charge is 2.01. The molecule has 2 heteroatoms. The molecule has 2 radical (unpaired) electrons. The Morgan fingerprint density at radius 3 is 2.42 bits per heavy atom. The molecule has 0 heterocycles. The lowest BCUT2D eigenvalue weighted by Crippen LogP contribution is -2.20.